The van der Waals surface area contributed by atoms with Gasteiger partial charge in [-0.25, -0.2) is 0 Å². The van der Waals surface area contributed by atoms with E-state index in [4.69, 9.17) is 0 Å². The van der Waals surface area contributed by atoms with Gasteiger partial charge in [0.15, 0.2) is 0 Å². The number of amides is 1. The van der Waals surface area contributed by atoms with E-state index in [0.717, 1.165) is 10.0 Å². The Labute approximate surface area is 147 Å². The van der Waals surface area contributed by atoms with Crippen LogP contribution in [-0.2, 0) is 0 Å². The number of halogens is 1. The Morgan fingerprint density at radius 1 is 0.913 bits per heavy atom. The maximum Gasteiger partial charge on any atom is 0.252 e. The number of rotatable bonds is 5. The van der Waals surface area contributed by atoms with Gasteiger partial charge in [0.2, 0.25) is 0 Å². The number of hydrogen-bond donors (Lipinski definition) is 1. The van der Waals surface area contributed by atoms with E-state index in [9.17, 15) is 4.79 Å². The molecular formula is C20H24BrNO. The number of carbonyl (C=O) groups is 1. The van der Waals surface area contributed by atoms with Gasteiger partial charge >= 0.3 is 0 Å². The lowest BCUT2D eigenvalue weighted by molar-refractivity contribution is 0.0925. The third-order valence-corrected chi connectivity index (χ3v) is 4.73. The molecule has 0 unspecified atom stereocenters. The van der Waals surface area contributed by atoms with Gasteiger partial charge in [-0.1, -0.05) is 64.1 Å². The maximum atomic E-state index is 12.6. The second-order valence-corrected chi connectivity index (χ2v) is 7.35. The van der Waals surface area contributed by atoms with E-state index >= 15 is 0 Å². The first-order valence-electron chi connectivity index (χ1n) is 8.05. The van der Waals surface area contributed by atoms with E-state index in [2.05, 4.69) is 73.2 Å². The molecule has 0 radical (unpaired) electrons. The molecule has 3 heteroatoms. The highest BCUT2D eigenvalue weighted by atomic mass is 79.9. The molecule has 2 rings (SSSR count). The minimum atomic E-state index is -0.0517. The van der Waals surface area contributed by atoms with E-state index < -0.39 is 0 Å². The minimum absolute atomic E-state index is 0.00387. The molecule has 2 aromatic rings. The van der Waals surface area contributed by atoms with E-state index in [-0.39, 0.29) is 11.9 Å². The predicted octanol–water partition coefficient (Wildman–Crippen LogP) is 5.70. The largest absolute Gasteiger partial charge is 0.345 e. The fourth-order valence-corrected chi connectivity index (χ4v) is 3.05. The summed E-state index contributed by atoms with van der Waals surface area (Å²) < 4.78 is 0.815. The summed E-state index contributed by atoms with van der Waals surface area (Å²) in [5.74, 6) is 0.770. The number of hydrogen-bond acceptors (Lipinski definition) is 1. The van der Waals surface area contributed by atoms with Gasteiger partial charge in [-0.2, -0.15) is 0 Å². The Morgan fingerprint density at radius 2 is 1.48 bits per heavy atom. The Hall–Kier alpha value is -1.61. The van der Waals surface area contributed by atoms with E-state index in [1.54, 1.807) is 0 Å². The monoisotopic (exact) mass is 373 g/mol. The first-order chi connectivity index (χ1) is 10.9. The third kappa shape index (κ3) is 4.44. The minimum Gasteiger partial charge on any atom is -0.345 e. The normalized spacial score (nSPS) is 12.5. The zero-order chi connectivity index (χ0) is 17.0. The summed E-state index contributed by atoms with van der Waals surface area (Å²) >= 11 is 3.44. The fourth-order valence-electron chi connectivity index (χ4n) is 2.59. The molecule has 0 aliphatic carbocycles. The number of benzene rings is 2. The fraction of sp³-hybridized carbons (Fsp3) is 0.350. The topological polar surface area (TPSA) is 29.1 Å². The first kappa shape index (κ1) is 17.7. The van der Waals surface area contributed by atoms with Crippen LogP contribution in [0.3, 0.4) is 0 Å². The van der Waals surface area contributed by atoms with Gasteiger partial charge in [0.25, 0.3) is 5.91 Å². The molecule has 122 valence electrons. The van der Waals surface area contributed by atoms with Crippen LogP contribution in [-0.4, -0.2) is 5.91 Å². The predicted molar refractivity (Wildman–Crippen MR) is 99.7 cm³/mol. The van der Waals surface area contributed by atoms with Crippen molar-refractivity contribution in [3.05, 3.63) is 69.7 Å². The zero-order valence-electron chi connectivity index (χ0n) is 14.1. The van der Waals surface area contributed by atoms with Crippen molar-refractivity contribution in [3.63, 3.8) is 0 Å². The molecule has 0 heterocycles. The lowest BCUT2D eigenvalue weighted by atomic mass is 9.93. The molecule has 0 fully saturated rings. The van der Waals surface area contributed by atoms with Crippen molar-refractivity contribution < 1.29 is 4.79 Å². The highest BCUT2D eigenvalue weighted by molar-refractivity contribution is 9.10. The number of carbonyl (C=O) groups excluding carboxylic acids is 1. The van der Waals surface area contributed by atoms with Crippen molar-refractivity contribution in [1.82, 2.24) is 5.32 Å². The van der Waals surface area contributed by atoms with Gasteiger partial charge in [0.1, 0.15) is 0 Å². The highest BCUT2D eigenvalue weighted by Gasteiger charge is 2.20. The van der Waals surface area contributed by atoms with E-state index in [1.165, 1.54) is 5.56 Å². The zero-order valence-corrected chi connectivity index (χ0v) is 15.7. The van der Waals surface area contributed by atoms with Crippen LogP contribution in [0.1, 0.15) is 61.1 Å². The van der Waals surface area contributed by atoms with Gasteiger partial charge in [-0.05, 0) is 51.0 Å². The Bertz CT molecular complexity index is 662. The highest BCUT2D eigenvalue weighted by Crippen LogP contribution is 2.25. The van der Waals surface area contributed by atoms with Crippen molar-refractivity contribution in [1.29, 1.82) is 0 Å². The summed E-state index contributed by atoms with van der Waals surface area (Å²) in [7, 11) is 0. The van der Waals surface area contributed by atoms with Crippen molar-refractivity contribution in [2.75, 3.05) is 0 Å². The van der Waals surface area contributed by atoms with Crippen LogP contribution in [0.15, 0.2) is 53.0 Å². The molecule has 0 aromatic heterocycles. The molecular weight excluding hydrogens is 350 g/mol. The Balaban J connectivity index is 2.22. The smallest absolute Gasteiger partial charge is 0.252 e. The maximum absolute atomic E-state index is 12.6. The van der Waals surface area contributed by atoms with Crippen LogP contribution in [0.4, 0.5) is 0 Å². The molecule has 0 aliphatic rings. The van der Waals surface area contributed by atoms with Crippen LogP contribution in [0, 0.1) is 5.92 Å². The molecule has 0 spiro atoms. The molecule has 0 saturated carbocycles. The molecule has 1 amide bonds. The SMILES string of the molecule is CC(C)c1ccc([C@H](NC(=O)c2ccccc2Br)C(C)C)cc1. The molecule has 1 atom stereocenters. The second-order valence-electron chi connectivity index (χ2n) is 6.50. The van der Waals surface area contributed by atoms with Gasteiger partial charge in [-0.3, -0.25) is 4.79 Å². The van der Waals surface area contributed by atoms with Gasteiger partial charge in [0, 0.05) is 4.47 Å². The Morgan fingerprint density at radius 3 is 2.00 bits per heavy atom. The summed E-state index contributed by atoms with van der Waals surface area (Å²) in [6, 6.07) is 16.1. The van der Waals surface area contributed by atoms with Crippen molar-refractivity contribution in [2.45, 2.75) is 39.7 Å². The van der Waals surface area contributed by atoms with Crippen molar-refractivity contribution in [2.24, 2.45) is 5.92 Å². The molecule has 0 bridgehead atoms. The van der Waals surface area contributed by atoms with Crippen LogP contribution in [0.5, 0.6) is 0 Å². The lowest BCUT2D eigenvalue weighted by Crippen LogP contribution is -2.32. The lowest BCUT2D eigenvalue weighted by Gasteiger charge is -2.24. The van der Waals surface area contributed by atoms with Crippen LogP contribution >= 0.6 is 15.9 Å². The van der Waals surface area contributed by atoms with Gasteiger partial charge in [0.05, 0.1) is 11.6 Å². The molecule has 23 heavy (non-hydrogen) atoms. The average Bonchev–Trinajstić information content (AvgIpc) is 2.52. The van der Waals surface area contributed by atoms with E-state index in [1.807, 2.05) is 24.3 Å². The number of nitrogens with one attached hydrogen (secondary N) is 1. The quantitative estimate of drug-likeness (QED) is 0.715. The molecule has 2 aromatic carbocycles. The van der Waals surface area contributed by atoms with E-state index in [0.29, 0.717) is 17.4 Å². The summed E-state index contributed by atoms with van der Waals surface area (Å²) in [6.45, 7) is 8.62. The van der Waals surface area contributed by atoms with Crippen LogP contribution < -0.4 is 5.32 Å². The second kappa shape index (κ2) is 7.78. The average molecular weight is 374 g/mol. The summed E-state index contributed by atoms with van der Waals surface area (Å²) in [4.78, 5) is 12.6. The van der Waals surface area contributed by atoms with Gasteiger partial charge < -0.3 is 5.32 Å². The van der Waals surface area contributed by atoms with Crippen LogP contribution in [0.25, 0.3) is 0 Å². The van der Waals surface area contributed by atoms with Crippen LogP contribution in [0.2, 0.25) is 0 Å². The summed E-state index contributed by atoms with van der Waals surface area (Å²) in [5, 5.41) is 3.17. The third-order valence-electron chi connectivity index (χ3n) is 4.03. The molecule has 0 saturated heterocycles. The summed E-state index contributed by atoms with van der Waals surface area (Å²) in [5.41, 5.74) is 3.12. The first-order valence-corrected chi connectivity index (χ1v) is 8.84. The standard InChI is InChI=1S/C20H24BrNO/c1-13(2)15-9-11-16(12-10-15)19(14(3)4)22-20(23)17-7-5-6-8-18(17)21/h5-14,19H,1-4H3,(H,22,23)/t19-/m1/s1. The molecule has 0 aliphatic heterocycles. The Kier molecular flexibility index (Phi) is 6.00. The van der Waals surface area contributed by atoms with Crippen molar-refractivity contribution >= 4 is 21.8 Å². The molecule has 2 nitrogen and oxygen atoms in total. The van der Waals surface area contributed by atoms with Gasteiger partial charge in [-0.15, -0.1) is 0 Å². The van der Waals surface area contributed by atoms with Crippen molar-refractivity contribution in [3.8, 4) is 0 Å². The molecule has 1 N–H and O–H groups in total. The summed E-state index contributed by atoms with van der Waals surface area (Å²) in [6.07, 6.45) is 0.